The van der Waals surface area contributed by atoms with Gasteiger partial charge in [-0.1, -0.05) is 11.6 Å². The van der Waals surface area contributed by atoms with E-state index in [9.17, 15) is 4.79 Å². The quantitative estimate of drug-likeness (QED) is 0.548. The number of hydrogen-bond donors (Lipinski definition) is 1. The molecule has 4 rings (SSSR count). The zero-order valence-electron chi connectivity index (χ0n) is 14.6. The van der Waals surface area contributed by atoms with Gasteiger partial charge < -0.3 is 14.5 Å². The molecule has 0 atom stereocenters. The number of halogens is 1. The van der Waals surface area contributed by atoms with E-state index in [1.807, 2.05) is 6.07 Å². The number of fused-ring (bicyclic) bond motifs is 3. The number of hydrogen-bond acceptors (Lipinski definition) is 5. The van der Waals surface area contributed by atoms with Gasteiger partial charge in [0.1, 0.15) is 28.9 Å². The summed E-state index contributed by atoms with van der Waals surface area (Å²) < 4.78 is 11.7. The van der Waals surface area contributed by atoms with Crippen LogP contribution < -0.4 is 15.0 Å². The van der Waals surface area contributed by atoms with E-state index in [4.69, 9.17) is 21.1 Å². The van der Waals surface area contributed by atoms with E-state index in [-0.39, 0.29) is 5.56 Å². The van der Waals surface area contributed by atoms with Crippen molar-refractivity contribution in [2.75, 3.05) is 14.2 Å². The average Bonchev–Trinajstić information content (AvgIpc) is 3.06. The van der Waals surface area contributed by atoms with Crippen molar-refractivity contribution in [3.05, 3.63) is 63.7 Å². The van der Waals surface area contributed by atoms with Gasteiger partial charge in [0.05, 0.1) is 20.4 Å². The highest BCUT2D eigenvalue weighted by atomic mass is 35.5. The van der Waals surface area contributed by atoms with E-state index in [0.717, 1.165) is 15.6 Å². The molecule has 0 amide bonds. The third-order valence-electron chi connectivity index (χ3n) is 4.21. The van der Waals surface area contributed by atoms with Crippen LogP contribution in [-0.4, -0.2) is 35.1 Å². The fourth-order valence-electron chi connectivity index (χ4n) is 2.87. The average molecular weight is 383 g/mol. The molecule has 0 saturated carbocycles. The van der Waals surface area contributed by atoms with Crippen LogP contribution in [0.25, 0.3) is 21.9 Å². The second-order valence-electron chi connectivity index (χ2n) is 5.79. The van der Waals surface area contributed by atoms with Crippen LogP contribution in [0.5, 0.6) is 11.5 Å². The van der Waals surface area contributed by atoms with Crippen molar-refractivity contribution in [2.45, 2.75) is 0 Å². The van der Waals surface area contributed by atoms with Gasteiger partial charge >= 0.3 is 0 Å². The number of nitrogens with zero attached hydrogens (tertiary/aromatic N) is 3. The summed E-state index contributed by atoms with van der Waals surface area (Å²) >= 11 is 6.05. The molecule has 1 N–H and O–H groups in total. The van der Waals surface area contributed by atoms with Crippen LogP contribution in [0.2, 0.25) is 5.02 Å². The predicted octanol–water partition coefficient (Wildman–Crippen LogP) is 3.43. The van der Waals surface area contributed by atoms with Crippen LogP contribution in [0.15, 0.2) is 52.6 Å². The molecule has 2 heterocycles. The van der Waals surface area contributed by atoms with E-state index in [2.05, 4.69) is 15.1 Å². The normalized spacial score (nSPS) is 11.5. The molecule has 2 aromatic heterocycles. The van der Waals surface area contributed by atoms with Crippen molar-refractivity contribution in [2.24, 2.45) is 5.10 Å². The van der Waals surface area contributed by atoms with Crippen LogP contribution >= 0.6 is 11.6 Å². The molecule has 0 saturated heterocycles. The minimum absolute atomic E-state index is 0.314. The maximum Gasteiger partial charge on any atom is 0.298 e. The van der Waals surface area contributed by atoms with Gasteiger partial charge in [-0.25, -0.2) is 4.98 Å². The van der Waals surface area contributed by atoms with E-state index in [1.54, 1.807) is 44.6 Å². The molecule has 8 heteroatoms. The van der Waals surface area contributed by atoms with Gasteiger partial charge in [-0.3, -0.25) is 4.79 Å². The minimum Gasteiger partial charge on any atom is -0.497 e. The molecule has 7 nitrogen and oxygen atoms in total. The summed E-state index contributed by atoms with van der Waals surface area (Å²) in [4.78, 5) is 20.2. The van der Waals surface area contributed by atoms with Gasteiger partial charge in [-0.05, 0) is 36.4 Å². The standard InChI is InChI=1S/C19H15ClN4O3/c1-26-13-4-6-16(27-2)11(7-13)9-22-24-10-21-17-14-8-12(20)3-5-15(14)23-18(17)19(24)25/h3-10,23H,1-2H3/b22-9-. The highest BCUT2D eigenvalue weighted by molar-refractivity contribution is 6.31. The molecule has 0 fully saturated rings. The molecule has 4 aromatic rings. The number of aromatic nitrogens is 3. The van der Waals surface area contributed by atoms with Gasteiger partial charge in [-0.15, -0.1) is 0 Å². The van der Waals surface area contributed by atoms with E-state index in [1.165, 1.54) is 12.5 Å². The van der Waals surface area contributed by atoms with Crippen molar-refractivity contribution in [1.82, 2.24) is 14.6 Å². The van der Waals surface area contributed by atoms with Crippen molar-refractivity contribution < 1.29 is 9.47 Å². The molecular weight excluding hydrogens is 368 g/mol. The fourth-order valence-corrected chi connectivity index (χ4v) is 3.04. The van der Waals surface area contributed by atoms with Crippen molar-refractivity contribution in [1.29, 1.82) is 0 Å². The number of aromatic amines is 1. The van der Waals surface area contributed by atoms with Gasteiger partial charge in [0.25, 0.3) is 5.56 Å². The van der Waals surface area contributed by atoms with E-state index in [0.29, 0.717) is 33.1 Å². The third kappa shape index (κ3) is 3.02. The van der Waals surface area contributed by atoms with Gasteiger partial charge in [-0.2, -0.15) is 9.78 Å². The van der Waals surface area contributed by atoms with Crippen LogP contribution in [0.1, 0.15) is 5.56 Å². The first kappa shape index (κ1) is 17.1. The molecule has 136 valence electrons. The maximum atomic E-state index is 12.8. The Bertz CT molecular complexity index is 1240. The van der Waals surface area contributed by atoms with Crippen molar-refractivity contribution >= 4 is 39.8 Å². The van der Waals surface area contributed by atoms with Gasteiger partial charge in [0, 0.05) is 21.5 Å². The predicted molar refractivity (Wildman–Crippen MR) is 105 cm³/mol. The van der Waals surface area contributed by atoms with Gasteiger partial charge in [0.15, 0.2) is 0 Å². The molecule has 0 aliphatic heterocycles. The Morgan fingerprint density at radius 3 is 2.81 bits per heavy atom. The lowest BCUT2D eigenvalue weighted by atomic mass is 10.2. The van der Waals surface area contributed by atoms with Crippen molar-refractivity contribution in [3.63, 3.8) is 0 Å². The Kier molecular flexibility index (Phi) is 4.29. The summed E-state index contributed by atoms with van der Waals surface area (Å²) in [5.74, 6) is 1.27. The summed E-state index contributed by atoms with van der Waals surface area (Å²) in [6, 6.07) is 10.7. The molecule has 0 radical (unpaired) electrons. The summed E-state index contributed by atoms with van der Waals surface area (Å²) in [5.41, 5.74) is 2.07. The zero-order valence-corrected chi connectivity index (χ0v) is 15.3. The molecule has 0 aliphatic carbocycles. The number of H-pyrrole nitrogens is 1. The topological polar surface area (TPSA) is 81.5 Å². The number of benzene rings is 2. The van der Waals surface area contributed by atoms with Gasteiger partial charge in [0.2, 0.25) is 0 Å². The number of rotatable bonds is 4. The molecule has 0 spiro atoms. The Morgan fingerprint density at radius 1 is 1.19 bits per heavy atom. The Hall–Kier alpha value is -3.32. The zero-order chi connectivity index (χ0) is 19.0. The molecular formula is C19H15ClN4O3. The largest absolute Gasteiger partial charge is 0.497 e. The molecule has 27 heavy (non-hydrogen) atoms. The Morgan fingerprint density at radius 2 is 2.04 bits per heavy atom. The van der Waals surface area contributed by atoms with Crippen LogP contribution in [-0.2, 0) is 0 Å². The first-order valence-electron chi connectivity index (χ1n) is 8.05. The summed E-state index contributed by atoms with van der Waals surface area (Å²) in [5, 5.41) is 5.61. The van der Waals surface area contributed by atoms with Crippen molar-refractivity contribution in [3.8, 4) is 11.5 Å². The Balaban J connectivity index is 1.81. The first-order valence-corrected chi connectivity index (χ1v) is 8.43. The first-order chi connectivity index (χ1) is 13.1. The van der Waals surface area contributed by atoms with Crippen LogP contribution in [0.4, 0.5) is 0 Å². The highest BCUT2D eigenvalue weighted by Crippen LogP contribution is 2.25. The maximum absolute atomic E-state index is 12.8. The van der Waals surface area contributed by atoms with E-state index < -0.39 is 0 Å². The molecule has 2 aromatic carbocycles. The lowest BCUT2D eigenvalue weighted by Gasteiger charge is -2.06. The van der Waals surface area contributed by atoms with E-state index >= 15 is 0 Å². The fraction of sp³-hybridized carbons (Fsp3) is 0.105. The van der Waals surface area contributed by atoms with Crippen LogP contribution in [0, 0.1) is 0 Å². The molecule has 0 unspecified atom stereocenters. The molecule has 0 bridgehead atoms. The monoisotopic (exact) mass is 382 g/mol. The third-order valence-corrected chi connectivity index (χ3v) is 4.44. The summed E-state index contributed by atoms with van der Waals surface area (Å²) in [6.45, 7) is 0. The number of ether oxygens (including phenoxy) is 2. The SMILES string of the molecule is COc1ccc(OC)c(/C=N\n2cnc3c([nH]c4ccc(Cl)cc43)c2=O)c1. The van der Waals surface area contributed by atoms with Crippen LogP contribution in [0.3, 0.4) is 0 Å². The minimum atomic E-state index is -0.314. The second kappa shape index (κ2) is 6.77. The number of methoxy groups -OCH3 is 2. The highest BCUT2D eigenvalue weighted by Gasteiger charge is 2.11. The Labute approximate surface area is 158 Å². The lowest BCUT2D eigenvalue weighted by molar-refractivity contribution is 0.402. The summed E-state index contributed by atoms with van der Waals surface area (Å²) in [7, 11) is 3.14. The second-order valence-corrected chi connectivity index (χ2v) is 6.22. The smallest absolute Gasteiger partial charge is 0.298 e. The summed E-state index contributed by atoms with van der Waals surface area (Å²) in [6.07, 6.45) is 2.90. The lowest BCUT2D eigenvalue weighted by Crippen LogP contribution is -2.17. The molecule has 0 aliphatic rings. The number of nitrogens with one attached hydrogen (secondary N) is 1.